The first-order valence-corrected chi connectivity index (χ1v) is 5.99. The Bertz CT molecular complexity index is 395. The van der Waals surface area contributed by atoms with Gasteiger partial charge in [-0.2, -0.15) is 0 Å². The molecule has 2 N–H and O–H groups in total. The van der Waals surface area contributed by atoms with E-state index in [1.165, 1.54) is 0 Å². The first kappa shape index (κ1) is 11.8. The highest BCUT2D eigenvalue weighted by Gasteiger charge is 2.22. The van der Waals surface area contributed by atoms with Crippen LogP contribution in [0.5, 0.6) is 0 Å². The van der Waals surface area contributed by atoms with Crippen LogP contribution in [-0.2, 0) is 4.79 Å². The van der Waals surface area contributed by atoms with E-state index in [-0.39, 0.29) is 5.91 Å². The van der Waals surface area contributed by atoms with E-state index in [1.54, 1.807) is 0 Å². The van der Waals surface area contributed by atoms with Gasteiger partial charge in [0.2, 0.25) is 5.91 Å². The average Bonchev–Trinajstić information content (AvgIpc) is 3.00. The minimum absolute atomic E-state index is 0.113. The molecular formula is C12H18N4O. The van der Waals surface area contributed by atoms with Gasteiger partial charge in [-0.15, -0.1) is 0 Å². The molecule has 0 atom stereocenters. The predicted molar refractivity (Wildman–Crippen MR) is 65.8 cm³/mol. The fourth-order valence-electron chi connectivity index (χ4n) is 1.64. The Morgan fingerprint density at radius 2 is 2.18 bits per heavy atom. The van der Waals surface area contributed by atoms with Crippen molar-refractivity contribution >= 4 is 11.7 Å². The van der Waals surface area contributed by atoms with Crippen molar-refractivity contribution in [3.63, 3.8) is 0 Å². The van der Waals surface area contributed by atoms with Crippen LogP contribution in [0.25, 0.3) is 0 Å². The van der Waals surface area contributed by atoms with Crippen LogP contribution >= 0.6 is 0 Å². The lowest BCUT2D eigenvalue weighted by molar-refractivity contribution is -0.120. The summed E-state index contributed by atoms with van der Waals surface area (Å²) in [4.78, 5) is 19.9. The molecule has 1 saturated carbocycles. The van der Waals surface area contributed by atoms with Crippen LogP contribution in [0.2, 0.25) is 0 Å². The van der Waals surface area contributed by atoms with E-state index in [4.69, 9.17) is 0 Å². The molecule has 1 heterocycles. The number of hydrogen-bond donors (Lipinski definition) is 2. The highest BCUT2D eigenvalue weighted by Crippen LogP contribution is 2.18. The molecule has 0 bridgehead atoms. The van der Waals surface area contributed by atoms with Crippen molar-refractivity contribution < 1.29 is 4.79 Å². The van der Waals surface area contributed by atoms with Crippen molar-refractivity contribution in [3.05, 3.63) is 17.6 Å². The number of carbonyl (C=O) groups is 1. The molecule has 17 heavy (non-hydrogen) atoms. The van der Waals surface area contributed by atoms with Gasteiger partial charge in [-0.3, -0.25) is 4.79 Å². The molecule has 0 aliphatic heterocycles. The van der Waals surface area contributed by atoms with Gasteiger partial charge in [-0.1, -0.05) is 0 Å². The lowest BCUT2D eigenvalue weighted by Gasteiger charge is -2.07. The fraction of sp³-hybridized carbons (Fsp3) is 0.583. The monoisotopic (exact) mass is 234 g/mol. The van der Waals surface area contributed by atoms with Crippen molar-refractivity contribution in [3.8, 4) is 0 Å². The molecular weight excluding hydrogens is 216 g/mol. The molecule has 0 radical (unpaired) electrons. The van der Waals surface area contributed by atoms with Gasteiger partial charge in [0.1, 0.15) is 11.6 Å². The minimum Gasteiger partial charge on any atom is -0.369 e. The molecule has 5 heteroatoms. The molecule has 92 valence electrons. The first-order valence-electron chi connectivity index (χ1n) is 5.99. The molecule has 1 aromatic rings. The quantitative estimate of drug-likeness (QED) is 0.802. The minimum atomic E-state index is 0.113. The molecule has 1 aromatic heterocycles. The summed E-state index contributed by atoms with van der Waals surface area (Å²) in [5.41, 5.74) is 0.933. The summed E-state index contributed by atoms with van der Waals surface area (Å²) in [6.07, 6.45) is 2.74. The summed E-state index contributed by atoms with van der Waals surface area (Å²) in [6.45, 7) is 4.39. The summed E-state index contributed by atoms with van der Waals surface area (Å²) in [7, 11) is 0. The molecule has 5 nitrogen and oxygen atoms in total. The number of aromatic nitrogens is 2. The molecule has 1 fully saturated rings. The Morgan fingerprint density at radius 1 is 1.41 bits per heavy atom. The third kappa shape index (κ3) is 4.01. The van der Waals surface area contributed by atoms with Gasteiger partial charge in [0, 0.05) is 30.8 Å². The van der Waals surface area contributed by atoms with Crippen LogP contribution in [0.3, 0.4) is 0 Å². The van der Waals surface area contributed by atoms with Gasteiger partial charge < -0.3 is 10.6 Å². The van der Waals surface area contributed by atoms with Crippen LogP contribution in [0.4, 0.5) is 5.82 Å². The summed E-state index contributed by atoms with van der Waals surface area (Å²) in [5, 5.41) is 6.09. The van der Waals surface area contributed by atoms with Crippen LogP contribution < -0.4 is 10.6 Å². The fourth-order valence-corrected chi connectivity index (χ4v) is 1.64. The van der Waals surface area contributed by atoms with Crippen LogP contribution in [0, 0.1) is 13.8 Å². The van der Waals surface area contributed by atoms with Crippen molar-refractivity contribution in [1.82, 2.24) is 15.3 Å². The SMILES string of the molecule is Cc1cc(NCCC(=O)NC2CC2)nc(C)n1. The number of amides is 1. The van der Waals surface area contributed by atoms with Gasteiger partial charge in [0.15, 0.2) is 0 Å². The van der Waals surface area contributed by atoms with E-state index in [0.29, 0.717) is 19.0 Å². The summed E-state index contributed by atoms with van der Waals surface area (Å²) < 4.78 is 0. The summed E-state index contributed by atoms with van der Waals surface area (Å²) >= 11 is 0. The Hall–Kier alpha value is -1.65. The first-order chi connectivity index (χ1) is 8.13. The molecule has 0 saturated heterocycles. The van der Waals surface area contributed by atoms with Crippen molar-refractivity contribution in [1.29, 1.82) is 0 Å². The number of anilines is 1. The van der Waals surface area contributed by atoms with Crippen LogP contribution in [-0.4, -0.2) is 28.5 Å². The number of carbonyl (C=O) groups excluding carboxylic acids is 1. The number of rotatable bonds is 5. The van der Waals surface area contributed by atoms with E-state index in [0.717, 1.165) is 30.2 Å². The van der Waals surface area contributed by atoms with Crippen molar-refractivity contribution in [2.75, 3.05) is 11.9 Å². The molecule has 0 spiro atoms. The lowest BCUT2D eigenvalue weighted by Crippen LogP contribution is -2.27. The van der Waals surface area contributed by atoms with Crippen molar-refractivity contribution in [2.24, 2.45) is 0 Å². The summed E-state index contributed by atoms with van der Waals surface area (Å²) in [6, 6.07) is 2.32. The number of nitrogens with one attached hydrogen (secondary N) is 2. The highest BCUT2D eigenvalue weighted by molar-refractivity contribution is 5.77. The Labute approximate surface area is 101 Å². The Kier molecular flexibility index (Phi) is 3.56. The summed E-state index contributed by atoms with van der Waals surface area (Å²) in [5.74, 6) is 1.65. The number of aryl methyl sites for hydroxylation is 2. The smallest absolute Gasteiger partial charge is 0.221 e. The molecule has 1 aliphatic rings. The normalized spacial score (nSPS) is 14.5. The zero-order valence-electron chi connectivity index (χ0n) is 10.3. The predicted octanol–water partition coefficient (Wildman–Crippen LogP) is 1.17. The van der Waals surface area contributed by atoms with E-state index in [2.05, 4.69) is 20.6 Å². The molecule has 0 unspecified atom stereocenters. The third-order valence-corrected chi connectivity index (χ3v) is 2.57. The van der Waals surface area contributed by atoms with Gasteiger partial charge in [-0.05, 0) is 26.7 Å². The lowest BCUT2D eigenvalue weighted by atomic mass is 10.3. The largest absolute Gasteiger partial charge is 0.369 e. The van der Waals surface area contributed by atoms with Crippen LogP contribution in [0.15, 0.2) is 6.07 Å². The van der Waals surface area contributed by atoms with Crippen molar-refractivity contribution in [2.45, 2.75) is 39.2 Å². The van der Waals surface area contributed by atoms with E-state index in [1.807, 2.05) is 19.9 Å². The topological polar surface area (TPSA) is 66.9 Å². The highest BCUT2D eigenvalue weighted by atomic mass is 16.1. The standard InChI is InChI=1S/C12H18N4O/c1-8-7-11(15-9(2)14-8)13-6-5-12(17)16-10-3-4-10/h7,10H,3-6H2,1-2H3,(H,16,17)(H,13,14,15). The number of hydrogen-bond acceptors (Lipinski definition) is 4. The van der Waals surface area contributed by atoms with Gasteiger partial charge >= 0.3 is 0 Å². The molecule has 0 aromatic carbocycles. The van der Waals surface area contributed by atoms with Gasteiger partial charge in [-0.25, -0.2) is 9.97 Å². The van der Waals surface area contributed by atoms with Crippen LogP contribution in [0.1, 0.15) is 30.8 Å². The second-order valence-corrected chi connectivity index (χ2v) is 4.46. The molecule has 1 amide bonds. The second kappa shape index (κ2) is 5.12. The van der Waals surface area contributed by atoms with Gasteiger partial charge in [0.05, 0.1) is 0 Å². The average molecular weight is 234 g/mol. The molecule has 2 rings (SSSR count). The maximum Gasteiger partial charge on any atom is 0.221 e. The van der Waals surface area contributed by atoms with E-state index in [9.17, 15) is 4.79 Å². The van der Waals surface area contributed by atoms with Gasteiger partial charge in [0.25, 0.3) is 0 Å². The maximum atomic E-state index is 11.4. The molecule has 1 aliphatic carbocycles. The Morgan fingerprint density at radius 3 is 2.82 bits per heavy atom. The van der Waals surface area contributed by atoms with E-state index < -0.39 is 0 Å². The van der Waals surface area contributed by atoms with E-state index >= 15 is 0 Å². The third-order valence-electron chi connectivity index (χ3n) is 2.57. The zero-order chi connectivity index (χ0) is 12.3. The number of nitrogens with zero attached hydrogens (tertiary/aromatic N) is 2. The Balaban J connectivity index is 1.74. The second-order valence-electron chi connectivity index (χ2n) is 4.46. The zero-order valence-corrected chi connectivity index (χ0v) is 10.3. The maximum absolute atomic E-state index is 11.4.